The highest BCUT2D eigenvalue weighted by Gasteiger charge is 2.30. The van der Waals surface area contributed by atoms with E-state index in [1.165, 1.54) is 29.8 Å². The largest absolute Gasteiger partial charge is 0.501 e. The second kappa shape index (κ2) is 10.2. The van der Waals surface area contributed by atoms with Gasteiger partial charge in [-0.1, -0.05) is 67.6 Å². The first-order chi connectivity index (χ1) is 17.3. The molecule has 7 nitrogen and oxygen atoms in total. The first kappa shape index (κ1) is 24.4. The third-order valence-electron chi connectivity index (χ3n) is 6.12. The van der Waals surface area contributed by atoms with Gasteiger partial charge in [0.2, 0.25) is 5.75 Å². The van der Waals surface area contributed by atoms with Crippen LogP contribution in [0.25, 0.3) is 0 Å². The number of carbonyl (C=O) groups is 1. The Morgan fingerprint density at radius 3 is 2.39 bits per heavy atom. The van der Waals surface area contributed by atoms with E-state index >= 15 is 0 Å². The van der Waals surface area contributed by atoms with Gasteiger partial charge in [-0.05, 0) is 29.3 Å². The molecule has 8 heteroatoms. The molecule has 0 saturated heterocycles. The number of rotatable bonds is 6. The molecule has 2 N–H and O–H groups in total. The molecule has 1 heterocycles. The van der Waals surface area contributed by atoms with Crippen LogP contribution < -0.4 is 10.9 Å². The molecular formula is C28H23FN4O3. The average molecular weight is 483 g/mol. The van der Waals surface area contributed by atoms with Crippen LogP contribution in [0.15, 0.2) is 83.7 Å². The summed E-state index contributed by atoms with van der Waals surface area (Å²) in [4.78, 5) is 30.2. The molecule has 36 heavy (non-hydrogen) atoms. The molecule has 0 radical (unpaired) electrons. The number of nitrogens with zero attached hydrogens (tertiary/aromatic N) is 3. The van der Waals surface area contributed by atoms with Gasteiger partial charge in [0.05, 0.1) is 17.3 Å². The number of nitrogens with one attached hydrogen (secondary N) is 1. The van der Waals surface area contributed by atoms with Gasteiger partial charge in [0.15, 0.2) is 5.69 Å². The van der Waals surface area contributed by atoms with Crippen LogP contribution in [0.1, 0.15) is 51.8 Å². The van der Waals surface area contributed by atoms with E-state index in [-0.39, 0.29) is 11.5 Å². The Morgan fingerprint density at radius 1 is 1.06 bits per heavy atom. The van der Waals surface area contributed by atoms with Gasteiger partial charge in [0.1, 0.15) is 11.6 Å². The highest BCUT2D eigenvalue weighted by molar-refractivity contribution is 6.04. The molecule has 4 aromatic rings. The van der Waals surface area contributed by atoms with E-state index in [1.54, 1.807) is 18.2 Å². The fraction of sp³-hybridized carbons (Fsp3) is 0.143. The monoisotopic (exact) mass is 482 g/mol. The summed E-state index contributed by atoms with van der Waals surface area (Å²) in [5.74, 6) is -3.10. The number of anilines is 1. The van der Waals surface area contributed by atoms with Gasteiger partial charge in [-0.25, -0.2) is 9.37 Å². The summed E-state index contributed by atoms with van der Waals surface area (Å²) in [5, 5.41) is 22.6. The molecule has 0 aliphatic heterocycles. The smallest absolute Gasteiger partial charge is 0.296 e. The van der Waals surface area contributed by atoms with E-state index in [2.05, 4.69) is 16.4 Å². The maximum absolute atomic E-state index is 14.1. The van der Waals surface area contributed by atoms with Gasteiger partial charge < -0.3 is 10.4 Å². The van der Waals surface area contributed by atoms with Crippen molar-refractivity contribution in [3.63, 3.8) is 0 Å². The predicted molar refractivity (Wildman–Crippen MR) is 133 cm³/mol. The van der Waals surface area contributed by atoms with Gasteiger partial charge in [-0.2, -0.15) is 5.26 Å². The number of aromatic nitrogens is 2. The standard InChI is InChI=1S/C28H23FN4O3/c1-17(23(18-10-4-3-5-11-18)20-13-7-6-12-19(20)16-30)26-32-24(25(34)28(36)33(26)2)27(35)31-22-15-9-8-14-21(22)29/h3-15,17,23,34H,1-2H3,(H,31,35). The van der Waals surface area contributed by atoms with E-state index in [1.807, 2.05) is 49.4 Å². The lowest BCUT2D eigenvalue weighted by Crippen LogP contribution is -2.29. The molecule has 1 amide bonds. The number of hydrogen-bond acceptors (Lipinski definition) is 5. The maximum atomic E-state index is 14.1. The zero-order valence-corrected chi connectivity index (χ0v) is 19.6. The number of amides is 1. The van der Waals surface area contributed by atoms with Crippen molar-refractivity contribution in [3.8, 4) is 11.8 Å². The number of para-hydroxylation sites is 1. The summed E-state index contributed by atoms with van der Waals surface area (Å²) < 4.78 is 15.3. The Hall–Kier alpha value is -4.77. The molecule has 1 aromatic heterocycles. The Balaban J connectivity index is 1.85. The Kier molecular flexibility index (Phi) is 6.93. The lowest BCUT2D eigenvalue weighted by Gasteiger charge is -2.27. The predicted octanol–water partition coefficient (Wildman–Crippen LogP) is 4.68. The SMILES string of the molecule is CC(c1nc(C(=O)Nc2ccccc2F)c(O)c(=O)n1C)C(c1ccccc1)c1ccccc1C#N. The highest BCUT2D eigenvalue weighted by Crippen LogP contribution is 2.39. The van der Waals surface area contributed by atoms with E-state index in [0.717, 1.165) is 11.1 Å². The van der Waals surface area contributed by atoms with Gasteiger partial charge in [0, 0.05) is 18.9 Å². The molecule has 0 fully saturated rings. The van der Waals surface area contributed by atoms with Crippen LogP contribution in [0.3, 0.4) is 0 Å². The average Bonchev–Trinajstić information content (AvgIpc) is 2.89. The second-order valence-corrected chi connectivity index (χ2v) is 8.34. The molecule has 0 spiro atoms. The fourth-order valence-electron chi connectivity index (χ4n) is 4.33. The summed E-state index contributed by atoms with van der Waals surface area (Å²) in [6.07, 6.45) is 0. The van der Waals surface area contributed by atoms with Crippen LogP contribution in [0.4, 0.5) is 10.1 Å². The number of halogens is 1. The van der Waals surface area contributed by atoms with Crippen LogP contribution in [0.5, 0.6) is 5.75 Å². The van der Waals surface area contributed by atoms with Crippen molar-refractivity contribution in [3.05, 3.63) is 123 Å². The summed E-state index contributed by atoms with van der Waals surface area (Å²) >= 11 is 0. The van der Waals surface area contributed by atoms with Crippen LogP contribution in [0, 0.1) is 17.1 Å². The van der Waals surface area contributed by atoms with Crippen molar-refractivity contribution in [1.82, 2.24) is 9.55 Å². The molecule has 2 unspecified atom stereocenters. The molecule has 2 atom stereocenters. The normalized spacial score (nSPS) is 12.4. The molecule has 3 aromatic carbocycles. The topological polar surface area (TPSA) is 108 Å². The Morgan fingerprint density at radius 2 is 1.69 bits per heavy atom. The summed E-state index contributed by atoms with van der Waals surface area (Å²) in [6.45, 7) is 1.84. The van der Waals surface area contributed by atoms with Crippen LogP contribution in [-0.4, -0.2) is 20.6 Å². The van der Waals surface area contributed by atoms with Crippen LogP contribution in [-0.2, 0) is 7.05 Å². The number of benzene rings is 3. The molecule has 0 saturated carbocycles. The van der Waals surface area contributed by atoms with E-state index in [9.17, 15) is 24.3 Å². The minimum Gasteiger partial charge on any atom is -0.501 e. The molecule has 0 bridgehead atoms. The first-order valence-electron chi connectivity index (χ1n) is 11.2. The molecule has 180 valence electrons. The molecule has 4 rings (SSSR count). The highest BCUT2D eigenvalue weighted by atomic mass is 19.1. The number of aromatic hydroxyl groups is 1. The first-order valence-corrected chi connectivity index (χ1v) is 11.2. The number of nitriles is 1. The van der Waals surface area contributed by atoms with E-state index < -0.39 is 40.6 Å². The van der Waals surface area contributed by atoms with Crippen molar-refractivity contribution < 1.29 is 14.3 Å². The quantitative estimate of drug-likeness (QED) is 0.415. The van der Waals surface area contributed by atoms with Crippen molar-refractivity contribution in [2.45, 2.75) is 18.8 Å². The Labute approximate surface area is 207 Å². The van der Waals surface area contributed by atoms with Crippen LogP contribution >= 0.6 is 0 Å². The van der Waals surface area contributed by atoms with Gasteiger partial charge in [-0.3, -0.25) is 14.2 Å². The molecule has 0 aliphatic rings. The zero-order valence-electron chi connectivity index (χ0n) is 19.6. The summed E-state index contributed by atoms with van der Waals surface area (Å²) in [6, 6.07) is 24.4. The summed E-state index contributed by atoms with van der Waals surface area (Å²) in [5.41, 5.74) is 0.656. The summed E-state index contributed by atoms with van der Waals surface area (Å²) in [7, 11) is 1.46. The lowest BCUT2D eigenvalue weighted by molar-refractivity contribution is 0.101. The van der Waals surface area contributed by atoms with Gasteiger partial charge in [0.25, 0.3) is 11.5 Å². The van der Waals surface area contributed by atoms with E-state index in [0.29, 0.717) is 5.56 Å². The Bertz CT molecular complexity index is 1530. The number of carbonyl (C=O) groups excluding carboxylic acids is 1. The minimum atomic E-state index is -0.919. The minimum absolute atomic E-state index is 0.107. The van der Waals surface area contributed by atoms with Crippen molar-refractivity contribution in [1.29, 1.82) is 5.26 Å². The lowest BCUT2D eigenvalue weighted by atomic mass is 9.79. The zero-order chi connectivity index (χ0) is 25.8. The third kappa shape index (κ3) is 4.59. The molecule has 0 aliphatic carbocycles. The van der Waals surface area contributed by atoms with Gasteiger partial charge in [-0.15, -0.1) is 0 Å². The van der Waals surface area contributed by atoms with Crippen LogP contribution in [0.2, 0.25) is 0 Å². The maximum Gasteiger partial charge on any atom is 0.296 e. The third-order valence-corrected chi connectivity index (χ3v) is 6.12. The fourth-order valence-corrected chi connectivity index (χ4v) is 4.33. The van der Waals surface area contributed by atoms with Crippen molar-refractivity contribution in [2.24, 2.45) is 7.05 Å². The molecular weight excluding hydrogens is 459 g/mol. The number of hydrogen-bond donors (Lipinski definition) is 2. The second-order valence-electron chi connectivity index (χ2n) is 8.34. The van der Waals surface area contributed by atoms with Crippen molar-refractivity contribution in [2.75, 3.05) is 5.32 Å². The van der Waals surface area contributed by atoms with Crippen molar-refractivity contribution >= 4 is 11.6 Å². The van der Waals surface area contributed by atoms with E-state index in [4.69, 9.17) is 0 Å². The van der Waals surface area contributed by atoms with Gasteiger partial charge >= 0.3 is 0 Å².